The van der Waals surface area contributed by atoms with E-state index in [4.69, 9.17) is 9.97 Å². The molecule has 2 amide bonds. The van der Waals surface area contributed by atoms with Crippen LogP contribution >= 0.6 is 0 Å². The number of likely N-dealkylation sites (tertiary alicyclic amines) is 1. The Morgan fingerprint density at radius 1 is 0.800 bits per heavy atom. The second kappa shape index (κ2) is 17.4. The van der Waals surface area contributed by atoms with E-state index < -0.39 is 0 Å². The van der Waals surface area contributed by atoms with E-state index in [1.54, 1.807) is 10.8 Å². The fraction of sp³-hybridized carbons (Fsp3) is 0.543. The molecular weight excluding hydrogens is 757 g/mol. The molecule has 4 saturated heterocycles. The number of anilines is 4. The minimum atomic E-state index is -0.253. The lowest BCUT2D eigenvalue weighted by atomic mass is 9.90. The summed E-state index contributed by atoms with van der Waals surface area (Å²) >= 11 is 0. The Bertz CT molecular complexity index is 2280. The number of benzene rings is 1. The highest BCUT2D eigenvalue weighted by molar-refractivity contribution is 6.01. The maximum absolute atomic E-state index is 13.6. The molecule has 60 heavy (non-hydrogen) atoms. The zero-order valence-electron chi connectivity index (χ0n) is 35.1. The van der Waals surface area contributed by atoms with Gasteiger partial charge in [0.2, 0.25) is 17.8 Å². The summed E-state index contributed by atoms with van der Waals surface area (Å²) in [4.78, 5) is 74.6. The van der Waals surface area contributed by atoms with Crippen LogP contribution < -0.4 is 26.0 Å². The van der Waals surface area contributed by atoms with Gasteiger partial charge in [-0.1, -0.05) is 25.0 Å². The number of fused-ring (bicyclic) bond motifs is 1. The zero-order valence-corrected chi connectivity index (χ0v) is 35.1. The van der Waals surface area contributed by atoms with Crippen LogP contribution in [0.3, 0.4) is 0 Å². The van der Waals surface area contributed by atoms with Crippen LogP contribution in [0.5, 0.6) is 0 Å². The molecule has 316 valence electrons. The van der Waals surface area contributed by atoms with Crippen molar-refractivity contribution < 1.29 is 14.4 Å². The Balaban J connectivity index is 0.730. The molecule has 4 aliphatic heterocycles. The molecule has 0 radical (unpaired) electrons. The van der Waals surface area contributed by atoms with Crippen LogP contribution in [0.15, 0.2) is 53.6 Å². The minimum Gasteiger partial charge on any atom is -0.370 e. The van der Waals surface area contributed by atoms with Gasteiger partial charge in [-0.3, -0.25) is 34.0 Å². The van der Waals surface area contributed by atoms with Crippen molar-refractivity contribution in [2.45, 2.75) is 96.1 Å². The van der Waals surface area contributed by atoms with Crippen LogP contribution in [-0.4, -0.2) is 112 Å². The molecule has 5 aliphatic rings. The Morgan fingerprint density at radius 3 is 2.25 bits per heavy atom. The molecule has 3 aromatic heterocycles. The van der Waals surface area contributed by atoms with E-state index in [2.05, 4.69) is 53.4 Å². The monoisotopic (exact) mass is 814 g/mol. The molecule has 0 bridgehead atoms. The highest BCUT2D eigenvalue weighted by Gasteiger charge is 2.32. The van der Waals surface area contributed by atoms with Crippen molar-refractivity contribution in [3.8, 4) is 0 Å². The highest BCUT2D eigenvalue weighted by Crippen LogP contribution is 2.33. The number of carbonyl (C=O) groups excluding carboxylic acids is 3. The molecule has 1 unspecified atom stereocenters. The SMILES string of the molecule is CC(=O)c1c(C)c2cnc(Nc3ccc(N4CCC(CN5CCC(N6CCN(c7cccc(C8CCC(=O)NC8=O)c7)CC6)CC5)CC4)cn3)nc2n(C2CCCC2)c1=O. The summed E-state index contributed by atoms with van der Waals surface area (Å²) in [6.45, 7) is 12.9. The Labute approximate surface area is 351 Å². The molecule has 0 spiro atoms. The van der Waals surface area contributed by atoms with E-state index in [0.29, 0.717) is 47.8 Å². The minimum absolute atomic E-state index is 0.0293. The molecular formula is C46H58N10O4. The number of hydrogen-bond acceptors (Lipinski definition) is 12. The third kappa shape index (κ3) is 8.41. The molecule has 1 aliphatic carbocycles. The average molecular weight is 815 g/mol. The summed E-state index contributed by atoms with van der Waals surface area (Å²) in [5.41, 5.74) is 4.47. The van der Waals surface area contributed by atoms with Gasteiger partial charge in [-0.05, 0) is 113 Å². The summed E-state index contributed by atoms with van der Waals surface area (Å²) in [5.74, 6) is 0.899. The normalized spacial score (nSPS) is 21.8. The van der Waals surface area contributed by atoms with Gasteiger partial charge in [-0.2, -0.15) is 4.98 Å². The molecule has 9 rings (SSSR count). The molecule has 14 nitrogen and oxygen atoms in total. The standard InChI is InChI=1S/C46H58N10O4/c1-30-39-28-48-46(51-43(39)56(35-7-3-4-8-35)45(60)42(30)31(2)57)49-40-12-10-37(27-47-40)53-20-14-32(15-21-53)29-52-18-16-34(17-19-52)54-22-24-55(25-23-54)36-9-5-6-33(26-36)38-11-13-41(58)50-44(38)59/h5-6,9-10,12,26-28,32,34-35,38H,3-4,7-8,11,13-25,29H2,1-2H3,(H,50,58,59)(H,47,48,49,51). The number of hydrogen-bond donors (Lipinski definition) is 2. The maximum atomic E-state index is 13.6. The predicted octanol–water partition coefficient (Wildman–Crippen LogP) is 5.58. The number of nitrogens with one attached hydrogen (secondary N) is 2. The average Bonchev–Trinajstić information content (AvgIpc) is 3.79. The number of Topliss-reactive ketones (excluding diaryl/α,β-unsaturated/α-hetero) is 1. The summed E-state index contributed by atoms with van der Waals surface area (Å²) in [6, 6.07) is 13.1. The summed E-state index contributed by atoms with van der Waals surface area (Å²) < 4.78 is 1.74. The van der Waals surface area contributed by atoms with Gasteiger partial charge in [0, 0.05) is 81.6 Å². The van der Waals surface area contributed by atoms with Crippen LogP contribution in [0.25, 0.3) is 11.0 Å². The molecule has 7 heterocycles. The van der Waals surface area contributed by atoms with E-state index >= 15 is 0 Å². The lowest BCUT2D eigenvalue weighted by molar-refractivity contribution is -0.134. The Kier molecular flexibility index (Phi) is 11.7. The Morgan fingerprint density at radius 2 is 1.55 bits per heavy atom. The first-order valence-electron chi connectivity index (χ1n) is 22.2. The second-order valence-electron chi connectivity index (χ2n) is 17.7. The number of ketones is 1. The molecule has 1 aromatic carbocycles. The van der Waals surface area contributed by atoms with Crippen molar-refractivity contribution in [3.63, 3.8) is 0 Å². The van der Waals surface area contributed by atoms with E-state index in [0.717, 1.165) is 94.7 Å². The third-order valence-electron chi connectivity index (χ3n) is 14.0. The van der Waals surface area contributed by atoms with Gasteiger partial charge < -0.3 is 20.0 Å². The van der Waals surface area contributed by atoms with Crippen LogP contribution in [0.1, 0.15) is 105 Å². The smallest absolute Gasteiger partial charge is 0.263 e. The van der Waals surface area contributed by atoms with Crippen molar-refractivity contribution in [3.05, 3.63) is 75.8 Å². The first-order chi connectivity index (χ1) is 29.2. The van der Waals surface area contributed by atoms with Crippen molar-refractivity contribution in [2.75, 3.05) is 74.0 Å². The largest absolute Gasteiger partial charge is 0.370 e. The zero-order chi connectivity index (χ0) is 41.3. The molecule has 2 N–H and O–H groups in total. The number of aryl methyl sites for hydroxylation is 1. The second-order valence-corrected chi connectivity index (χ2v) is 17.7. The molecule has 1 atom stereocenters. The lowest BCUT2D eigenvalue weighted by Crippen LogP contribution is -2.53. The van der Waals surface area contributed by atoms with Gasteiger partial charge in [0.25, 0.3) is 5.56 Å². The number of nitrogens with zero attached hydrogens (tertiary/aromatic N) is 8. The predicted molar refractivity (Wildman–Crippen MR) is 233 cm³/mol. The van der Waals surface area contributed by atoms with E-state index in [1.165, 1.54) is 44.8 Å². The quantitative estimate of drug-likeness (QED) is 0.152. The number of pyridine rings is 2. The van der Waals surface area contributed by atoms with Gasteiger partial charge in [0.15, 0.2) is 5.78 Å². The van der Waals surface area contributed by atoms with Gasteiger partial charge in [0.1, 0.15) is 11.5 Å². The van der Waals surface area contributed by atoms with Gasteiger partial charge >= 0.3 is 0 Å². The number of rotatable bonds is 10. The highest BCUT2D eigenvalue weighted by atomic mass is 16.2. The fourth-order valence-electron chi connectivity index (χ4n) is 10.6. The molecule has 1 saturated carbocycles. The lowest BCUT2D eigenvalue weighted by Gasteiger charge is -2.44. The van der Waals surface area contributed by atoms with Crippen LogP contribution in [0.4, 0.5) is 23.1 Å². The van der Waals surface area contributed by atoms with Gasteiger partial charge in [0.05, 0.1) is 23.4 Å². The van der Waals surface area contributed by atoms with Crippen LogP contribution in [0, 0.1) is 12.8 Å². The number of aromatic nitrogens is 4. The fourth-order valence-corrected chi connectivity index (χ4v) is 10.6. The Hall–Kier alpha value is -5.21. The first kappa shape index (κ1) is 40.2. The van der Waals surface area contributed by atoms with Crippen molar-refractivity contribution >= 4 is 51.8 Å². The van der Waals surface area contributed by atoms with Gasteiger partial charge in [-0.25, -0.2) is 9.97 Å². The number of piperazine rings is 1. The molecule has 14 heteroatoms. The summed E-state index contributed by atoms with van der Waals surface area (Å²) in [5, 5.41) is 6.49. The summed E-state index contributed by atoms with van der Waals surface area (Å²) in [7, 11) is 0. The van der Waals surface area contributed by atoms with E-state index in [-0.39, 0.29) is 40.7 Å². The van der Waals surface area contributed by atoms with Crippen LogP contribution in [-0.2, 0) is 9.59 Å². The van der Waals surface area contributed by atoms with Crippen LogP contribution in [0.2, 0.25) is 0 Å². The number of amides is 2. The third-order valence-corrected chi connectivity index (χ3v) is 14.0. The number of imide groups is 1. The number of piperidine rings is 3. The molecule has 4 aromatic rings. The van der Waals surface area contributed by atoms with E-state index in [1.807, 2.05) is 31.3 Å². The van der Waals surface area contributed by atoms with Crippen molar-refractivity contribution in [1.29, 1.82) is 0 Å². The molecule has 5 fully saturated rings. The van der Waals surface area contributed by atoms with Gasteiger partial charge in [-0.15, -0.1) is 0 Å². The number of carbonyl (C=O) groups is 3. The summed E-state index contributed by atoms with van der Waals surface area (Å²) in [6.07, 6.45) is 13.3. The van der Waals surface area contributed by atoms with Crippen molar-refractivity contribution in [2.24, 2.45) is 5.92 Å². The first-order valence-corrected chi connectivity index (χ1v) is 22.2. The van der Waals surface area contributed by atoms with E-state index in [9.17, 15) is 19.2 Å². The maximum Gasteiger partial charge on any atom is 0.263 e. The topological polar surface area (TPSA) is 149 Å². The van der Waals surface area contributed by atoms with Crippen molar-refractivity contribution in [1.82, 2.24) is 34.6 Å².